The minimum absolute atomic E-state index is 0.0308. The van der Waals surface area contributed by atoms with Gasteiger partial charge in [-0.1, -0.05) is 48.9 Å². The molecule has 0 saturated carbocycles. The van der Waals surface area contributed by atoms with Crippen molar-refractivity contribution in [3.8, 4) is 11.5 Å². The Hall–Kier alpha value is -3.57. The first-order valence-electron chi connectivity index (χ1n) is 10.3. The van der Waals surface area contributed by atoms with Crippen molar-refractivity contribution in [2.24, 2.45) is 0 Å². The van der Waals surface area contributed by atoms with Gasteiger partial charge in [-0.25, -0.2) is 4.79 Å². The molecule has 34 heavy (non-hydrogen) atoms. The molecule has 3 aromatic rings. The predicted octanol–water partition coefficient (Wildman–Crippen LogP) is 4.53. The summed E-state index contributed by atoms with van der Waals surface area (Å²) >= 11 is 0. The van der Waals surface area contributed by atoms with Gasteiger partial charge in [0.05, 0.1) is 17.1 Å². The molecule has 0 aliphatic carbocycles. The number of hydrogen-bond acceptors (Lipinski definition) is 7. The van der Waals surface area contributed by atoms with Gasteiger partial charge in [-0.15, -0.1) is 0 Å². The molecule has 0 aliphatic heterocycles. The summed E-state index contributed by atoms with van der Waals surface area (Å²) in [6, 6.07) is 17.5. The lowest BCUT2D eigenvalue weighted by Gasteiger charge is -2.15. The van der Waals surface area contributed by atoms with E-state index in [4.69, 9.17) is 8.37 Å². The molecule has 0 radical (unpaired) electrons. The SMILES string of the molecule is CCCS(=O)(=O)Oc1ccccc1NC(=O)Nc1ccccc1OS(=O)(=O)c1ccc(C)cc1. The highest BCUT2D eigenvalue weighted by Gasteiger charge is 2.20. The van der Waals surface area contributed by atoms with Crippen molar-refractivity contribution in [3.05, 3.63) is 78.4 Å². The van der Waals surface area contributed by atoms with E-state index in [1.165, 1.54) is 36.4 Å². The van der Waals surface area contributed by atoms with Crippen LogP contribution in [-0.4, -0.2) is 28.6 Å². The second-order valence-electron chi connectivity index (χ2n) is 7.27. The van der Waals surface area contributed by atoms with Crippen molar-refractivity contribution >= 4 is 37.6 Å². The second kappa shape index (κ2) is 10.6. The van der Waals surface area contributed by atoms with E-state index in [2.05, 4.69) is 10.6 Å². The molecule has 0 saturated heterocycles. The minimum atomic E-state index is -4.14. The van der Waals surface area contributed by atoms with Crippen molar-refractivity contribution in [1.82, 2.24) is 0 Å². The van der Waals surface area contributed by atoms with Crippen molar-refractivity contribution in [1.29, 1.82) is 0 Å². The fourth-order valence-corrected chi connectivity index (χ4v) is 4.81. The molecule has 0 heterocycles. The van der Waals surface area contributed by atoms with E-state index >= 15 is 0 Å². The Labute approximate surface area is 199 Å². The standard InChI is InChI=1S/C23H24N2O7S2/c1-3-16-33(27,28)31-21-10-6-4-8-19(21)24-23(26)25-20-9-5-7-11-22(20)32-34(29,30)18-14-12-17(2)13-15-18/h4-15H,3,16H2,1-2H3,(H2,24,25,26). The quantitative estimate of drug-likeness (QED) is 0.410. The van der Waals surface area contributed by atoms with Crippen LogP contribution in [0.3, 0.4) is 0 Å². The number of carbonyl (C=O) groups excluding carboxylic acids is 1. The lowest BCUT2D eigenvalue weighted by molar-refractivity contribution is 0.262. The fraction of sp³-hybridized carbons (Fsp3) is 0.174. The zero-order chi connectivity index (χ0) is 24.8. The molecule has 11 heteroatoms. The zero-order valence-electron chi connectivity index (χ0n) is 18.5. The van der Waals surface area contributed by atoms with Gasteiger partial charge < -0.3 is 19.0 Å². The van der Waals surface area contributed by atoms with E-state index in [1.807, 2.05) is 6.92 Å². The molecule has 0 fully saturated rings. The van der Waals surface area contributed by atoms with Gasteiger partial charge in [0.2, 0.25) is 0 Å². The summed E-state index contributed by atoms with van der Waals surface area (Å²) in [5, 5.41) is 5.02. The average molecular weight is 505 g/mol. The molecule has 2 N–H and O–H groups in total. The molecule has 180 valence electrons. The predicted molar refractivity (Wildman–Crippen MR) is 129 cm³/mol. The van der Waals surface area contributed by atoms with Crippen LogP contribution in [0.4, 0.5) is 16.2 Å². The van der Waals surface area contributed by atoms with Crippen LogP contribution in [0.25, 0.3) is 0 Å². The first-order valence-corrected chi connectivity index (χ1v) is 13.3. The van der Waals surface area contributed by atoms with Crippen molar-refractivity contribution in [2.75, 3.05) is 16.4 Å². The molecule has 0 aromatic heterocycles. The molecular weight excluding hydrogens is 480 g/mol. The maximum absolute atomic E-state index is 12.6. The van der Waals surface area contributed by atoms with Crippen LogP contribution < -0.4 is 19.0 Å². The third-order valence-electron chi connectivity index (χ3n) is 4.45. The Balaban J connectivity index is 1.77. The Bertz CT molecular complexity index is 1370. The van der Waals surface area contributed by atoms with Crippen molar-refractivity contribution in [3.63, 3.8) is 0 Å². The van der Waals surface area contributed by atoms with Gasteiger partial charge in [0.25, 0.3) is 0 Å². The molecule has 0 bridgehead atoms. The third kappa shape index (κ3) is 6.72. The van der Waals surface area contributed by atoms with Gasteiger partial charge in [0, 0.05) is 0 Å². The fourth-order valence-electron chi connectivity index (χ4n) is 2.86. The number of anilines is 2. The summed E-state index contributed by atoms with van der Waals surface area (Å²) in [7, 11) is -7.95. The van der Waals surface area contributed by atoms with Crippen LogP contribution in [0.1, 0.15) is 18.9 Å². The molecule has 9 nitrogen and oxygen atoms in total. The number of aryl methyl sites for hydroxylation is 1. The molecule has 3 rings (SSSR count). The zero-order valence-corrected chi connectivity index (χ0v) is 20.1. The highest BCUT2D eigenvalue weighted by molar-refractivity contribution is 7.87. The van der Waals surface area contributed by atoms with E-state index in [-0.39, 0.29) is 33.5 Å². The Morgan fingerprint density at radius 1 is 0.765 bits per heavy atom. The monoisotopic (exact) mass is 504 g/mol. The van der Waals surface area contributed by atoms with E-state index in [0.717, 1.165) is 5.56 Å². The van der Waals surface area contributed by atoms with Crippen LogP contribution in [0, 0.1) is 6.92 Å². The summed E-state index contributed by atoms with van der Waals surface area (Å²) in [6.07, 6.45) is 0.376. The van der Waals surface area contributed by atoms with Crippen LogP contribution in [-0.2, 0) is 20.2 Å². The number of carbonyl (C=O) groups is 1. The molecule has 0 unspecified atom stereocenters. The maximum Gasteiger partial charge on any atom is 0.339 e. The number of nitrogens with one attached hydrogen (secondary N) is 2. The largest absolute Gasteiger partial charge is 0.380 e. The molecule has 0 aliphatic rings. The molecule has 0 atom stereocenters. The first kappa shape index (κ1) is 25.1. The highest BCUT2D eigenvalue weighted by atomic mass is 32.2. The normalized spacial score (nSPS) is 11.5. The Kier molecular flexibility index (Phi) is 7.79. The number of rotatable bonds is 9. The number of hydrogen-bond donors (Lipinski definition) is 2. The molecule has 2 amide bonds. The van der Waals surface area contributed by atoms with Crippen LogP contribution in [0.15, 0.2) is 77.7 Å². The van der Waals surface area contributed by atoms with Gasteiger partial charge in [0.15, 0.2) is 11.5 Å². The smallest absolute Gasteiger partial charge is 0.339 e. The molecule has 3 aromatic carbocycles. The maximum atomic E-state index is 12.6. The van der Waals surface area contributed by atoms with Gasteiger partial charge >= 0.3 is 26.3 Å². The molecule has 0 spiro atoms. The highest BCUT2D eigenvalue weighted by Crippen LogP contribution is 2.29. The lowest BCUT2D eigenvalue weighted by Crippen LogP contribution is -2.21. The van der Waals surface area contributed by atoms with Gasteiger partial charge in [-0.2, -0.15) is 16.8 Å². The number of benzene rings is 3. The van der Waals surface area contributed by atoms with E-state index in [1.54, 1.807) is 43.3 Å². The topological polar surface area (TPSA) is 128 Å². The Morgan fingerprint density at radius 2 is 1.26 bits per heavy atom. The van der Waals surface area contributed by atoms with E-state index in [9.17, 15) is 21.6 Å². The summed E-state index contributed by atoms with van der Waals surface area (Å²) in [6.45, 7) is 3.54. The first-order chi connectivity index (χ1) is 16.1. The van der Waals surface area contributed by atoms with Gasteiger partial charge in [-0.3, -0.25) is 0 Å². The third-order valence-corrected chi connectivity index (χ3v) is 7.04. The summed E-state index contributed by atoms with van der Waals surface area (Å²) < 4.78 is 59.7. The lowest BCUT2D eigenvalue weighted by atomic mass is 10.2. The van der Waals surface area contributed by atoms with E-state index in [0.29, 0.717) is 6.42 Å². The Morgan fingerprint density at radius 3 is 1.79 bits per heavy atom. The van der Waals surface area contributed by atoms with E-state index < -0.39 is 26.3 Å². The summed E-state index contributed by atoms with van der Waals surface area (Å²) in [5.41, 5.74) is 1.10. The minimum Gasteiger partial charge on any atom is -0.380 e. The summed E-state index contributed by atoms with van der Waals surface area (Å²) in [5.74, 6) is -0.306. The second-order valence-corrected chi connectivity index (χ2v) is 10.5. The average Bonchev–Trinajstić information content (AvgIpc) is 2.76. The number of amides is 2. The van der Waals surface area contributed by atoms with Crippen LogP contribution in [0.5, 0.6) is 11.5 Å². The van der Waals surface area contributed by atoms with Crippen molar-refractivity contribution in [2.45, 2.75) is 25.2 Å². The van der Waals surface area contributed by atoms with Crippen LogP contribution in [0.2, 0.25) is 0 Å². The summed E-state index contributed by atoms with van der Waals surface area (Å²) in [4.78, 5) is 12.6. The number of urea groups is 1. The van der Waals surface area contributed by atoms with Crippen LogP contribution >= 0.6 is 0 Å². The molecular formula is C23H24N2O7S2. The number of para-hydroxylation sites is 4. The van der Waals surface area contributed by atoms with Gasteiger partial charge in [0.1, 0.15) is 4.90 Å². The van der Waals surface area contributed by atoms with Gasteiger partial charge in [-0.05, 0) is 49.7 Å². The van der Waals surface area contributed by atoms with Crippen molar-refractivity contribution < 1.29 is 30.0 Å².